The van der Waals surface area contributed by atoms with Gasteiger partial charge in [0.05, 0.1) is 11.4 Å². The molecule has 0 aliphatic rings. The van der Waals surface area contributed by atoms with Crippen LogP contribution < -0.4 is 0 Å². The van der Waals surface area contributed by atoms with E-state index in [1.807, 2.05) is 43.0 Å². The van der Waals surface area contributed by atoms with Crippen molar-refractivity contribution in [2.24, 2.45) is 0 Å². The standard InChI is InChI=1S/C12H17F.C12H18.3C11H17N.C10H16N2/c1-8(2)11-6-5-10(13)7-12(11)9(3)4;1-9(2)11-7-5-6-8-12(11)10(3)4;1-8(2)10-5-6-12-7-11(10)9(3)4;2*1-8(2)10-6-5-7-12-11(10)9(3)4;1-7(2)9-10(8(3)4)12-6-5-11-9/h5-9H,1-4H3;5-10H,1-4H3;3*5-9H,1-4H3;5-8H,1-4H3. The Hall–Kier alpha value is -5.10. The van der Waals surface area contributed by atoms with E-state index in [9.17, 15) is 4.39 Å². The zero-order valence-electron chi connectivity index (χ0n) is 50.4. The highest BCUT2D eigenvalue weighted by Gasteiger charge is 2.14. The predicted molar refractivity (Wildman–Crippen MR) is 317 cm³/mol. The number of hydrogen-bond acceptors (Lipinski definition) is 5. The minimum Gasteiger partial charge on any atom is -0.264 e. The van der Waals surface area contributed by atoms with Gasteiger partial charge in [0.1, 0.15) is 5.82 Å². The van der Waals surface area contributed by atoms with Gasteiger partial charge in [-0.05, 0) is 146 Å². The van der Waals surface area contributed by atoms with Crippen LogP contribution in [0.2, 0.25) is 0 Å². The van der Waals surface area contributed by atoms with Gasteiger partial charge in [-0.2, -0.15) is 0 Å². The Morgan fingerprint density at radius 3 is 0.863 bits per heavy atom. The molecule has 0 fully saturated rings. The minimum atomic E-state index is -0.131. The average Bonchev–Trinajstić information content (AvgIpc) is 3.34. The molecule has 6 aromatic rings. The van der Waals surface area contributed by atoms with Crippen LogP contribution in [0.1, 0.15) is 304 Å². The summed E-state index contributed by atoms with van der Waals surface area (Å²) >= 11 is 0. The van der Waals surface area contributed by atoms with Crippen LogP contribution in [0.5, 0.6) is 0 Å². The largest absolute Gasteiger partial charge is 0.264 e. The Bertz CT molecular complexity index is 1960. The quantitative estimate of drug-likeness (QED) is 0.122. The van der Waals surface area contributed by atoms with Crippen molar-refractivity contribution in [2.75, 3.05) is 0 Å². The van der Waals surface area contributed by atoms with E-state index in [1.54, 1.807) is 24.5 Å². The lowest BCUT2D eigenvalue weighted by molar-refractivity contribution is 0.620. The molecule has 0 aliphatic carbocycles. The predicted octanol–water partition coefficient (Wildman–Crippen LogP) is 20.7. The van der Waals surface area contributed by atoms with Crippen LogP contribution in [0.25, 0.3) is 0 Å². The Morgan fingerprint density at radius 2 is 0.562 bits per heavy atom. The molecule has 0 unspecified atom stereocenters. The van der Waals surface area contributed by atoms with E-state index in [0.29, 0.717) is 71.0 Å². The van der Waals surface area contributed by atoms with Crippen molar-refractivity contribution >= 4 is 0 Å². The summed E-state index contributed by atoms with van der Waals surface area (Å²) in [4.78, 5) is 21.6. The van der Waals surface area contributed by atoms with Crippen molar-refractivity contribution in [1.29, 1.82) is 0 Å². The lowest BCUT2D eigenvalue weighted by Gasteiger charge is -2.15. The highest BCUT2D eigenvalue weighted by atomic mass is 19.1. The van der Waals surface area contributed by atoms with Crippen LogP contribution in [0, 0.1) is 5.82 Å². The van der Waals surface area contributed by atoms with Crippen molar-refractivity contribution in [3.63, 3.8) is 0 Å². The maximum atomic E-state index is 13.0. The summed E-state index contributed by atoms with van der Waals surface area (Å²) < 4.78 is 13.0. The summed E-state index contributed by atoms with van der Waals surface area (Å²) in [5, 5.41) is 0. The van der Waals surface area contributed by atoms with Crippen LogP contribution in [0.3, 0.4) is 0 Å². The van der Waals surface area contributed by atoms with Crippen LogP contribution in [0.4, 0.5) is 4.39 Å². The zero-order valence-corrected chi connectivity index (χ0v) is 50.4. The molecule has 5 nitrogen and oxygen atoms in total. The molecular formula is C67H102FN5. The highest BCUT2D eigenvalue weighted by molar-refractivity contribution is 5.34. The van der Waals surface area contributed by atoms with E-state index in [1.165, 1.54) is 50.3 Å². The summed E-state index contributed by atoms with van der Waals surface area (Å²) in [7, 11) is 0. The maximum absolute atomic E-state index is 13.0. The first-order chi connectivity index (χ1) is 34.1. The fourth-order valence-electron chi connectivity index (χ4n) is 8.61. The molecule has 0 saturated heterocycles. The normalized spacial score (nSPS) is 11.2. The Morgan fingerprint density at radius 1 is 0.260 bits per heavy atom. The number of halogens is 1. The number of benzene rings is 2. The lowest BCUT2D eigenvalue weighted by atomic mass is 9.91. The molecule has 2 aromatic carbocycles. The van der Waals surface area contributed by atoms with Gasteiger partial charge in [0.25, 0.3) is 0 Å². The first-order valence-electron chi connectivity index (χ1n) is 27.7. The van der Waals surface area contributed by atoms with Gasteiger partial charge in [-0.3, -0.25) is 24.9 Å². The maximum Gasteiger partial charge on any atom is 0.123 e. The third-order valence-electron chi connectivity index (χ3n) is 12.6. The molecule has 0 atom stereocenters. The molecule has 0 aliphatic heterocycles. The molecule has 73 heavy (non-hydrogen) atoms. The first-order valence-corrected chi connectivity index (χ1v) is 27.7. The second-order valence-electron chi connectivity index (χ2n) is 23.0. The molecule has 0 radical (unpaired) electrons. The Balaban J connectivity index is 0.000000438. The molecular weight excluding hydrogens is 894 g/mol. The zero-order chi connectivity index (χ0) is 55.7. The van der Waals surface area contributed by atoms with E-state index < -0.39 is 0 Å². The van der Waals surface area contributed by atoms with Gasteiger partial charge >= 0.3 is 0 Å². The molecule has 0 spiro atoms. The smallest absolute Gasteiger partial charge is 0.123 e. The van der Waals surface area contributed by atoms with Crippen LogP contribution in [0.15, 0.2) is 110 Å². The number of aromatic nitrogens is 5. The van der Waals surface area contributed by atoms with E-state index in [2.05, 4.69) is 234 Å². The van der Waals surface area contributed by atoms with Gasteiger partial charge in [-0.15, -0.1) is 0 Å². The molecule has 0 bridgehead atoms. The molecule has 0 saturated carbocycles. The van der Waals surface area contributed by atoms with Crippen molar-refractivity contribution in [2.45, 2.75) is 237 Å². The van der Waals surface area contributed by atoms with Crippen molar-refractivity contribution < 1.29 is 4.39 Å². The van der Waals surface area contributed by atoms with Gasteiger partial charge in [0.15, 0.2) is 0 Å². The van der Waals surface area contributed by atoms with Crippen molar-refractivity contribution in [3.8, 4) is 0 Å². The molecule has 0 N–H and O–H groups in total. The number of rotatable bonds is 12. The molecule has 6 rings (SSSR count). The topological polar surface area (TPSA) is 64.5 Å². The number of nitrogens with zero attached hydrogens (tertiary/aromatic N) is 5. The van der Waals surface area contributed by atoms with Gasteiger partial charge in [-0.1, -0.05) is 209 Å². The lowest BCUT2D eigenvalue weighted by Crippen LogP contribution is -2.03. The summed E-state index contributed by atoms with van der Waals surface area (Å²) in [5.41, 5.74) is 15.7. The molecule has 4 aromatic heterocycles. The summed E-state index contributed by atoms with van der Waals surface area (Å²) in [6.45, 7) is 52.5. The van der Waals surface area contributed by atoms with E-state index in [0.717, 1.165) is 17.0 Å². The van der Waals surface area contributed by atoms with Gasteiger partial charge in [-0.25, -0.2) is 4.39 Å². The second kappa shape index (κ2) is 33.7. The number of pyridine rings is 3. The van der Waals surface area contributed by atoms with Gasteiger partial charge in [0, 0.05) is 48.6 Å². The van der Waals surface area contributed by atoms with E-state index in [4.69, 9.17) is 0 Å². The molecule has 402 valence electrons. The SMILES string of the molecule is CC(C)c1ccc(F)cc1C(C)C.CC(C)c1ccccc1C(C)C.CC(C)c1cccnc1C(C)C.CC(C)c1cccnc1C(C)C.CC(C)c1ccncc1C(C)C.CC(C)c1nccnc1C(C)C. The molecule has 0 amide bonds. The number of hydrogen-bond donors (Lipinski definition) is 0. The van der Waals surface area contributed by atoms with Crippen LogP contribution in [-0.2, 0) is 0 Å². The summed E-state index contributed by atoms with van der Waals surface area (Å²) in [5.74, 6) is 6.36. The third kappa shape index (κ3) is 22.9. The van der Waals surface area contributed by atoms with Crippen molar-refractivity contribution in [1.82, 2.24) is 24.9 Å². The minimum absolute atomic E-state index is 0.131. The third-order valence-corrected chi connectivity index (χ3v) is 12.6. The first kappa shape index (κ1) is 65.9. The fourth-order valence-corrected chi connectivity index (χ4v) is 8.61. The molecule has 6 heteroatoms. The Kier molecular flexibility index (Phi) is 30.4. The molecule has 4 heterocycles. The van der Waals surface area contributed by atoms with Crippen LogP contribution >= 0.6 is 0 Å². The monoisotopic (exact) mass is 996 g/mol. The fraction of sp³-hybridized carbons (Fsp3) is 0.537. The highest BCUT2D eigenvalue weighted by Crippen LogP contribution is 2.29. The van der Waals surface area contributed by atoms with Crippen molar-refractivity contribution in [3.05, 3.63) is 183 Å². The second-order valence-corrected chi connectivity index (χ2v) is 23.0. The average molecular weight is 997 g/mol. The summed E-state index contributed by atoms with van der Waals surface area (Å²) in [6.07, 6.45) is 11.1. The van der Waals surface area contributed by atoms with Crippen LogP contribution in [-0.4, -0.2) is 24.9 Å². The van der Waals surface area contributed by atoms with Gasteiger partial charge in [0.2, 0.25) is 0 Å². The summed E-state index contributed by atoms with van der Waals surface area (Å²) in [6, 6.07) is 24.3. The van der Waals surface area contributed by atoms with Gasteiger partial charge < -0.3 is 0 Å². The Labute approximate surface area is 447 Å². The van der Waals surface area contributed by atoms with E-state index >= 15 is 0 Å². The van der Waals surface area contributed by atoms with E-state index in [-0.39, 0.29) is 5.82 Å².